The number of nitro benzene ring substituents is 1. The highest BCUT2D eigenvalue weighted by molar-refractivity contribution is 6.23. The van der Waals surface area contributed by atoms with Crippen molar-refractivity contribution in [1.82, 2.24) is 0 Å². The molecule has 1 heterocycles. The van der Waals surface area contributed by atoms with E-state index in [0.717, 1.165) is 6.42 Å². The average molecular weight is 340 g/mol. The Kier molecular flexibility index (Phi) is 3.20. The lowest BCUT2D eigenvalue weighted by Gasteiger charge is -2.24. The maximum atomic E-state index is 13.1. The van der Waals surface area contributed by atoms with Gasteiger partial charge >= 0.3 is 0 Å². The van der Waals surface area contributed by atoms with Crippen molar-refractivity contribution in [2.24, 2.45) is 23.7 Å². The van der Waals surface area contributed by atoms with E-state index in [-0.39, 0.29) is 46.1 Å². The molecule has 0 aromatic heterocycles. The van der Waals surface area contributed by atoms with Crippen molar-refractivity contribution in [3.63, 3.8) is 0 Å². The summed E-state index contributed by atoms with van der Waals surface area (Å²) in [7, 11) is 0. The van der Waals surface area contributed by atoms with E-state index in [0.29, 0.717) is 27.9 Å². The molecule has 1 aliphatic heterocycles. The van der Waals surface area contributed by atoms with Gasteiger partial charge in [0.15, 0.2) is 0 Å². The molecule has 25 heavy (non-hydrogen) atoms. The molecule has 4 atom stereocenters. The predicted molar refractivity (Wildman–Crippen MR) is 92.3 cm³/mol. The molecule has 6 nitrogen and oxygen atoms in total. The van der Waals surface area contributed by atoms with Crippen molar-refractivity contribution in [3.05, 3.63) is 44.5 Å². The molecule has 1 aromatic carbocycles. The number of rotatable bonds is 2. The molecule has 3 aliphatic rings. The van der Waals surface area contributed by atoms with Crippen LogP contribution in [0.4, 0.5) is 11.4 Å². The molecular formula is C19H20N2O4. The van der Waals surface area contributed by atoms with Gasteiger partial charge in [0.1, 0.15) is 0 Å². The summed E-state index contributed by atoms with van der Waals surface area (Å²) in [6.07, 6.45) is 5.01. The van der Waals surface area contributed by atoms with Gasteiger partial charge in [-0.05, 0) is 57.1 Å². The summed E-state index contributed by atoms with van der Waals surface area (Å²) < 4.78 is 0. The first-order valence-electron chi connectivity index (χ1n) is 8.56. The second-order valence-electron chi connectivity index (χ2n) is 7.47. The van der Waals surface area contributed by atoms with E-state index in [1.165, 1.54) is 4.90 Å². The van der Waals surface area contributed by atoms with E-state index in [1.54, 1.807) is 27.7 Å². The largest absolute Gasteiger partial charge is 0.275 e. The van der Waals surface area contributed by atoms with Gasteiger partial charge in [0.25, 0.3) is 5.69 Å². The molecule has 0 N–H and O–H groups in total. The standard InChI is InChI=1S/C19H20N2O4/c1-8-10(3)17(21(24)25)11(4)9(2)16(8)20-18(22)14-12-5-6-13(7-12)15(14)19(20)23/h5-6,12-15H,7H2,1-4H3/t12-,13+,14-,15+. The Morgan fingerprint density at radius 3 is 1.76 bits per heavy atom. The number of hydrogen-bond donors (Lipinski definition) is 0. The minimum Gasteiger partial charge on any atom is -0.274 e. The Balaban J connectivity index is 1.88. The molecule has 6 heteroatoms. The van der Waals surface area contributed by atoms with Gasteiger partial charge in [-0.2, -0.15) is 0 Å². The van der Waals surface area contributed by atoms with Crippen LogP contribution >= 0.6 is 0 Å². The zero-order chi connectivity index (χ0) is 18.2. The maximum absolute atomic E-state index is 13.1. The SMILES string of the molecule is Cc1c(C)c([N+](=O)[O-])c(C)c(C)c1N1C(=O)[C@@H]2[C@H](C1=O)[C@@H]1C=C[C@H]2C1. The number of benzene rings is 1. The minimum atomic E-state index is -0.388. The van der Waals surface area contributed by atoms with Gasteiger partial charge in [0, 0.05) is 11.1 Å². The van der Waals surface area contributed by atoms with Gasteiger partial charge in [-0.15, -0.1) is 0 Å². The predicted octanol–water partition coefficient (Wildman–Crippen LogP) is 3.14. The van der Waals surface area contributed by atoms with Crippen LogP contribution in [0.5, 0.6) is 0 Å². The fourth-order valence-electron chi connectivity index (χ4n) is 5.00. The molecule has 2 amide bonds. The topological polar surface area (TPSA) is 80.5 Å². The van der Waals surface area contributed by atoms with Gasteiger partial charge in [-0.25, -0.2) is 4.90 Å². The van der Waals surface area contributed by atoms with E-state index < -0.39 is 0 Å². The van der Waals surface area contributed by atoms with E-state index in [9.17, 15) is 19.7 Å². The summed E-state index contributed by atoms with van der Waals surface area (Å²) in [5.41, 5.74) is 2.92. The van der Waals surface area contributed by atoms with Gasteiger partial charge in [-0.3, -0.25) is 19.7 Å². The summed E-state index contributed by atoms with van der Waals surface area (Å²) in [6, 6.07) is 0. The third-order valence-corrected chi connectivity index (χ3v) is 6.42. The molecule has 0 radical (unpaired) electrons. The summed E-state index contributed by atoms with van der Waals surface area (Å²) in [6.45, 7) is 6.87. The molecule has 1 saturated heterocycles. The fraction of sp³-hybridized carbons (Fsp3) is 0.474. The fourth-order valence-corrected chi connectivity index (χ4v) is 5.00. The second kappa shape index (κ2) is 5.00. The number of hydrogen-bond acceptors (Lipinski definition) is 4. The maximum Gasteiger partial charge on any atom is 0.275 e. The molecule has 1 aromatic rings. The Labute approximate surface area is 145 Å². The van der Waals surface area contributed by atoms with Crippen LogP contribution in [0.1, 0.15) is 28.7 Å². The van der Waals surface area contributed by atoms with Crippen molar-refractivity contribution < 1.29 is 14.5 Å². The van der Waals surface area contributed by atoms with E-state index in [4.69, 9.17) is 0 Å². The Bertz CT molecular complexity index is 827. The van der Waals surface area contributed by atoms with Crippen LogP contribution in [0.3, 0.4) is 0 Å². The highest BCUT2D eigenvalue weighted by atomic mass is 16.6. The molecule has 0 unspecified atom stereocenters. The molecule has 2 aliphatic carbocycles. The summed E-state index contributed by atoms with van der Waals surface area (Å²) >= 11 is 0. The first kappa shape index (κ1) is 16.0. The number of carbonyl (C=O) groups is 2. The van der Waals surface area contributed by atoms with Crippen molar-refractivity contribution in [3.8, 4) is 0 Å². The zero-order valence-corrected chi connectivity index (χ0v) is 14.7. The molecule has 2 fully saturated rings. The normalized spacial score (nSPS) is 29.7. The van der Waals surface area contributed by atoms with Crippen LogP contribution in [-0.4, -0.2) is 16.7 Å². The molecule has 4 rings (SSSR count). The number of fused-ring (bicyclic) bond motifs is 5. The van der Waals surface area contributed by atoms with Crippen molar-refractivity contribution >= 4 is 23.2 Å². The van der Waals surface area contributed by atoms with Gasteiger partial charge < -0.3 is 0 Å². The van der Waals surface area contributed by atoms with Gasteiger partial charge in [-0.1, -0.05) is 12.2 Å². The monoisotopic (exact) mass is 340 g/mol. The third-order valence-electron chi connectivity index (χ3n) is 6.42. The number of amides is 2. The Morgan fingerprint density at radius 1 is 0.920 bits per heavy atom. The highest BCUT2D eigenvalue weighted by Gasteiger charge is 2.60. The smallest absolute Gasteiger partial charge is 0.274 e. The minimum absolute atomic E-state index is 0.0692. The average Bonchev–Trinajstić information content (AvgIpc) is 3.22. The van der Waals surface area contributed by atoms with Gasteiger partial charge in [0.2, 0.25) is 11.8 Å². The molecule has 0 spiro atoms. The van der Waals surface area contributed by atoms with Crippen LogP contribution in [0.15, 0.2) is 12.2 Å². The summed E-state index contributed by atoms with van der Waals surface area (Å²) in [5, 5.41) is 11.4. The number of nitro groups is 1. The van der Waals surface area contributed by atoms with Crippen LogP contribution in [-0.2, 0) is 9.59 Å². The number of anilines is 1. The third kappa shape index (κ3) is 1.85. The lowest BCUT2D eigenvalue weighted by molar-refractivity contribution is -0.386. The number of imide groups is 1. The van der Waals surface area contributed by atoms with Crippen LogP contribution in [0.2, 0.25) is 0 Å². The van der Waals surface area contributed by atoms with Crippen molar-refractivity contribution in [2.45, 2.75) is 34.1 Å². The quantitative estimate of drug-likeness (QED) is 0.358. The lowest BCUT2D eigenvalue weighted by Crippen LogP contribution is -2.34. The van der Waals surface area contributed by atoms with Crippen molar-refractivity contribution in [2.75, 3.05) is 4.90 Å². The van der Waals surface area contributed by atoms with Crippen LogP contribution < -0.4 is 4.90 Å². The first-order chi connectivity index (χ1) is 11.8. The lowest BCUT2D eigenvalue weighted by atomic mass is 9.85. The first-order valence-corrected chi connectivity index (χ1v) is 8.56. The molecular weight excluding hydrogens is 320 g/mol. The van der Waals surface area contributed by atoms with Gasteiger partial charge in [0.05, 0.1) is 22.4 Å². The molecule has 130 valence electrons. The number of allylic oxidation sites excluding steroid dienone is 2. The number of nitrogens with zero attached hydrogens (tertiary/aromatic N) is 2. The Hall–Kier alpha value is -2.50. The highest BCUT2D eigenvalue weighted by Crippen LogP contribution is 2.54. The molecule has 2 bridgehead atoms. The summed E-state index contributed by atoms with van der Waals surface area (Å²) in [5.74, 6) is -0.528. The van der Waals surface area contributed by atoms with E-state index in [1.807, 2.05) is 0 Å². The van der Waals surface area contributed by atoms with Crippen LogP contribution in [0.25, 0.3) is 0 Å². The van der Waals surface area contributed by atoms with E-state index in [2.05, 4.69) is 12.2 Å². The zero-order valence-electron chi connectivity index (χ0n) is 14.7. The van der Waals surface area contributed by atoms with Crippen molar-refractivity contribution in [1.29, 1.82) is 0 Å². The number of carbonyl (C=O) groups excluding carboxylic acids is 2. The van der Waals surface area contributed by atoms with Crippen LogP contribution in [0, 0.1) is 61.5 Å². The Morgan fingerprint density at radius 2 is 1.36 bits per heavy atom. The summed E-state index contributed by atoms with van der Waals surface area (Å²) in [4.78, 5) is 38.5. The molecule has 1 saturated carbocycles. The second-order valence-corrected chi connectivity index (χ2v) is 7.47. The van der Waals surface area contributed by atoms with E-state index >= 15 is 0 Å².